The average molecular weight is 240 g/mol. The van der Waals surface area contributed by atoms with E-state index in [0.717, 1.165) is 31.6 Å². The van der Waals surface area contributed by atoms with Gasteiger partial charge in [0.15, 0.2) is 0 Å². The van der Waals surface area contributed by atoms with E-state index in [4.69, 9.17) is 5.73 Å². The first kappa shape index (κ1) is 13.3. The molecule has 0 aromatic carbocycles. The summed E-state index contributed by atoms with van der Waals surface area (Å²) < 4.78 is 0. The van der Waals surface area contributed by atoms with Crippen LogP contribution in [-0.4, -0.2) is 41.8 Å². The summed E-state index contributed by atoms with van der Waals surface area (Å²) in [6.45, 7) is 1.65. The number of hydrogen-bond donors (Lipinski definition) is 2. The molecular weight excluding hydrogens is 212 g/mol. The van der Waals surface area contributed by atoms with E-state index in [9.17, 15) is 5.11 Å². The molecule has 3 nitrogen and oxygen atoms in total. The zero-order chi connectivity index (χ0) is 12.3. The summed E-state index contributed by atoms with van der Waals surface area (Å²) in [6, 6.07) is 0.668. The highest BCUT2D eigenvalue weighted by atomic mass is 16.3. The molecule has 3 heteroatoms. The van der Waals surface area contributed by atoms with Gasteiger partial charge in [-0.1, -0.05) is 19.3 Å². The predicted molar refractivity (Wildman–Crippen MR) is 70.8 cm³/mol. The summed E-state index contributed by atoms with van der Waals surface area (Å²) in [5.74, 6) is 1.00. The molecule has 0 aromatic heterocycles. The van der Waals surface area contributed by atoms with E-state index in [1.165, 1.54) is 32.2 Å². The Morgan fingerprint density at radius 1 is 1.24 bits per heavy atom. The smallest absolute Gasteiger partial charge is 0.0770 e. The van der Waals surface area contributed by atoms with Gasteiger partial charge in [0.05, 0.1) is 5.60 Å². The number of nitrogens with two attached hydrogens (primary N) is 1. The summed E-state index contributed by atoms with van der Waals surface area (Å²) in [6.07, 6.45) is 9.68. The molecule has 0 aliphatic heterocycles. The van der Waals surface area contributed by atoms with Gasteiger partial charge in [-0.25, -0.2) is 0 Å². The van der Waals surface area contributed by atoms with Gasteiger partial charge in [0, 0.05) is 12.6 Å². The van der Waals surface area contributed by atoms with Crippen molar-refractivity contribution in [3.63, 3.8) is 0 Å². The largest absolute Gasteiger partial charge is 0.389 e. The molecule has 0 atom stereocenters. The van der Waals surface area contributed by atoms with Crippen molar-refractivity contribution in [2.75, 3.05) is 20.1 Å². The Morgan fingerprint density at radius 3 is 2.35 bits per heavy atom. The van der Waals surface area contributed by atoms with E-state index in [0.29, 0.717) is 12.6 Å². The molecule has 2 aliphatic carbocycles. The Kier molecular flexibility index (Phi) is 4.45. The molecule has 3 N–H and O–H groups in total. The SMILES string of the molecule is CN(CCC1CCC1)C1CCC(O)(CN)CC1. The second kappa shape index (κ2) is 5.68. The zero-order valence-corrected chi connectivity index (χ0v) is 11.2. The Balaban J connectivity index is 1.68. The lowest BCUT2D eigenvalue weighted by molar-refractivity contribution is -0.0103. The minimum absolute atomic E-state index is 0.422. The van der Waals surface area contributed by atoms with Crippen LogP contribution in [0.4, 0.5) is 0 Å². The van der Waals surface area contributed by atoms with E-state index in [1.807, 2.05) is 0 Å². The molecule has 2 aliphatic rings. The van der Waals surface area contributed by atoms with Crippen LogP contribution in [-0.2, 0) is 0 Å². The van der Waals surface area contributed by atoms with E-state index in [1.54, 1.807) is 0 Å². The maximum Gasteiger partial charge on any atom is 0.0770 e. The summed E-state index contributed by atoms with van der Waals surface area (Å²) in [7, 11) is 2.25. The Morgan fingerprint density at radius 2 is 1.88 bits per heavy atom. The lowest BCUT2D eigenvalue weighted by atomic mass is 9.80. The lowest BCUT2D eigenvalue weighted by Gasteiger charge is -2.39. The van der Waals surface area contributed by atoms with Crippen LogP contribution < -0.4 is 5.73 Å². The first-order chi connectivity index (χ1) is 8.13. The van der Waals surface area contributed by atoms with Crippen molar-refractivity contribution in [1.82, 2.24) is 4.90 Å². The predicted octanol–water partition coefficient (Wildman–Crippen LogP) is 1.74. The summed E-state index contributed by atoms with van der Waals surface area (Å²) in [5, 5.41) is 10.1. The van der Waals surface area contributed by atoms with Crippen molar-refractivity contribution in [1.29, 1.82) is 0 Å². The highest BCUT2D eigenvalue weighted by molar-refractivity contribution is 4.89. The summed E-state index contributed by atoms with van der Waals surface area (Å²) in [4.78, 5) is 2.51. The van der Waals surface area contributed by atoms with E-state index in [-0.39, 0.29) is 0 Å². The quantitative estimate of drug-likeness (QED) is 0.769. The van der Waals surface area contributed by atoms with Gasteiger partial charge in [-0.15, -0.1) is 0 Å². The van der Waals surface area contributed by atoms with Crippen LogP contribution >= 0.6 is 0 Å². The summed E-state index contributed by atoms with van der Waals surface area (Å²) >= 11 is 0. The fourth-order valence-electron chi connectivity index (χ4n) is 3.14. The Hall–Kier alpha value is -0.120. The van der Waals surface area contributed by atoms with Crippen LogP contribution in [0.15, 0.2) is 0 Å². The molecule has 0 spiro atoms. The first-order valence-electron chi connectivity index (χ1n) is 7.26. The molecule has 0 saturated heterocycles. The van der Waals surface area contributed by atoms with Gasteiger partial charge in [-0.3, -0.25) is 0 Å². The van der Waals surface area contributed by atoms with Crippen molar-refractivity contribution in [3.8, 4) is 0 Å². The van der Waals surface area contributed by atoms with Crippen LogP contribution in [0.2, 0.25) is 0 Å². The topological polar surface area (TPSA) is 49.5 Å². The molecule has 0 amide bonds. The summed E-state index contributed by atoms with van der Waals surface area (Å²) in [5.41, 5.74) is 5.06. The molecule has 100 valence electrons. The van der Waals surface area contributed by atoms with Crippen LogP contribution in [0, 0.1) is 5.92 Å². The normalized spacial score (nSPS) is 34.9. The van der Waals surface area contributed by atoms with Crippen molar-refractivity contribution in [2.24, 2.45) is 11.7 Å². The zero-order valence-electron chi connectivity index (χ0n) is 11.2. The third-order valence-electron chi connectivity index (χ3n) is 5.00. The second-order valence-corrected chi connectivity index (χ2v) is 6.23. The third-order valence-corrected chi connectivity index (χ3v) is 5.00. The molecule has 0 unspecified atom stereocenters. The Bertz CT molecular complexity index is 232. The van der Waals surface area contributed by atoms with Crippen molar-refractivity contribution >= 4 is 0 Å². The van der Waals surface area contributed by atoms with Gasteiger partial charge in [-0.2, -0.15) is 0 Å². The number of rotatable bonds is 5. The van der Waals surface area contributed by atoms with Crippen LogP contribution in [0.5, 0.6) is 0 Å². The molecule has 0 aromatic rings. The molecule has 0 heterocycles. The van der Waals surface area contributed by atoms with E-state index >= 15 is 0 Å². The third kappa shape index (κ3) is 3.43. The fraction of sp³-hybridized carbons (Fsp3) is 1.00. The van der Waals surface area contributed by atoms with Gasteiger partial charge in [0.2, 0.25) is 0 Å². The highest BCUT2D eigenvalue weighted by Gasteiger charge is 2.33. The fourth-order valence-corrected chi connectivity index (χ4v) is 3.14. The molecule has 2 fully saturated rings. The van der Waals surface area contributed by atoms with Crippen LogP contribution in [0.25, 0.3) is 0 Å². The minimum Gasteiger partial charge on any atom is -0.389 e. The van der Waals surface area contributed by atoms with Crippen molar-refractivity contribution in [2.45, 2.75) is 63.0 Å². The van der Waals surface area contributed by atoms with Crippen LogP contribution in [0.3, 0.4) is 0 Å². The number of hydrogen-bond acceptors (Lipinski definition) is 3. The van der Waals surface area contributed by atoms with E-state index in [2.05, 4.69) is 11.9 Å². The maximum absolute atomic E-state index is 10.1. The van der Waals surface area contributed by atoms with Crippen molar-refractivity contribution < 1.29 is 5.11 Å². The maximum atomic E-state index is 10.1. The molecule has 2 rings (SSSR count). The molecule has 0 bridgehead atoms. The van der Waals surface area contributed by atoms with Gasteiger partial charge in [0.25, 0.3) is 0 Å². The number of nitrogens with zero attached hydrogens (tertiary/aromatic N) is 1. The van der Waals surface area contributed by atoms with Gasteiger partial charge in [-0.05, 0) is 51.6 Å². The van der Waals surface area contributed by atoms with E-state index < -0.39 is 5.60 Å². The van der Waals surface area contributed by atoms with Gasteiger partial charge in [0.1, 0.15) is 0 Å². The standard InChI is InChI=1S/C14H28N2O/c1-16(10-7-12-3-2-4-12)13-5-8-14(17,11-15)9-6-13/h12-13,17H,2-11,15H2,1H3. The second-order valence-electron chi connectivity index (χ2n) is 6.23. The van der Waals surface area contributed by atoms with Gasteiger partial charge < -0.3 is 15.7 Å². The lowest BCUT2D eigenvalue weighted by Crippen LogP contribution is -2.46. The molecule has 2 saturated carbocycles. The van der Waals surface area contributed by atoms with Crippen molar-refractivity contribution in [3.05, 3.63) is 0 Å². The number of aliphatic hydroxyl groups is 1. The molecule has 0 radical (unpaired) electrons. The van der Waals surface area contributed by atoms with Gasteiger partial charge >= 0.3 is 0 Å². The minimum atomic E-state index is -0.564. The highest BCUT2D eigenvalue weighted by Crippen LogP contribution is 2.32. The molecular formula is C14H28N2O. The monoisotopic (exact) mass is 240 g/mol. The Labute approximate surface area is 105 Å². The average Bonchev–Trinajstić information content (AvgIpc) is 2.28. The van der Waals surface area contributed by atoms with Crippen LogP contribution in [0.1, 0.15) is 51.4 Å². The molecule has 17 heavy (non-hydrogen) atoms. The first-order valence-corrected chi connectivity index (χ1v) is 7.26.